The summed E-state index contributed by atoms with van der Waals surface area (Å²) in [5, 5.41) is 0.496. The Morgan fingerprint density at radius 3 is 2.62 bits per heavy atom. The van der Waals surface area contributed by atoms with Crippen molar-refractivity contribution in [3.63, 3.8) is 0 Å². The van der Waals surface area contributed by atoms with E-state index in [1.807, 2.05) is 0 Å². The molecule has 8 heavy (non-hydrogen) atoms. The Kier molecular flexibility index (Phi) is 1.65. The van der Waals surface area contributed by atoms with Crippen LogP contribution in [-0.4, -0.2) is 9.97 Å². The molecule has 1 radical (unpaired) electrons. The average Bonchev–Trinajstić information content (AvgIpc) is 1.77. The van der Waals surface area contributed by atoms with Gasteiger partial charge in [0.1, 0.15) is 17.5 Å². The van der Waals surface area contributed by atoms with Crippen LogP contribution in [-0.2, 0) is 0 Å². The SMILES string of the molecule is Clc1[c]ncnc1Cl. The van der Waals surface area contributed by atoms with Crippen molar-refractivity contribution in [2.24, 2.45) is 0 Å². The number of halogens is 2. The van der Waals surface area contributed by atoms with Crippen molar-refractivity contribution in [3.05, 3.63) is 22.7 Å². The first-order valence-electron chi connectivity index (χ1n) is 1.84. The van der Waals surface area contributed by atoms with Crippen molar-refractivity contribution in [2.75, 3.05) is 0 Å². The Bertz CT molecular complexity index is 168. The van der Waals surface area contributed by atoms with Gasteiger partial charge >= 0.3 is 0 Å². The minimum Gasteiger partial charge on any atom is -0.233 e. The summed E-state index contributed by atoms with van der Waals surface area (Å²) in [5.74, 6) is 0. The van der Waals surface area contributed by atoms with E-state index in [4.69, 9.17) is 23.2 Å². The van der Waals surface area contributed by atoms with Crippen LogP contribution >= 0.6 is 23.2 Å². The van der Waals surface area contributed by atoms with Crippen molar-refractivity contribution < 1.29 is 0 Å². The van der Waals surface area contributed by atoms with Gasteiger partial charge in [0.25, 0.3) is 0 Å². The van der Waals surface area contributed by atoms with Gasteiger partial charge in [-0.15, -0.1) is 0 Å². The van der Waals surface area contributed by atoms with E-state index >= 15 is 0 Å². The van der Waals surface area contributed by atoms with Crippen molar-refractivity contribution in [3.8, 4) is 0 Å². The average molecular weight is 148 g/mol. The Morgan fingerprint density at radius 1 is 1.50 bits per heavy atom. The molecule has 0 aliphatic rings. The number of nitrogens with zero attached hydrogens (tertiary/aromatic N) is 2. The van der Waals surface area contributed by atoms with Crippen LogP contribution in [0, 0.1) is 6.20 Å². The van der Waals surface area contributed by atoms with Crippen LogP contribution in [0.1, 0.15) is 0 Å². The quantitative estimate of drug-likeness (QED) is 0.522. The number of hydrogen-bond donors (Lipinski definition) is 0. The second-order valence-corrected chi connectivity index (χ2v) is 1.83. The lowest BCUT2D eigenvalue weighted by Gasteiger charge is -1.85. The first-order chi connectivity index (χ1) is 3.80. The first-order valence-corrected chi connectivity index (χ1v) is 2.60. The van der Waals surface area contributed by atoms with Gasteiger partial charge in [-0.05, 0) is 0 Å². The molecule has 0 spiro atoms. The molecule has 0 atom stereocenters. The molecule has 1 aromatic rings. The lowest BCUT2D eigenvalue weighted by atomic mass is 10.7. The molecule has 0 aliphatic heterocycles. The van der Waals surface area contributed by atoms with Crippen LogP contribution < -0.4 is 0 Å². The molecule has 0 aliphatic carbocycles. The summed E-state index contributed by atoms with van der Waals surface area (Å²) >= 11 is 10.8. The topological polar surface area (TPSA) is 25.8 Å². The van der Waals surface area contributed by atoms with E-state index in [1.54, 1.807) is 0 Å². The van der Waals surface area contributed by atoms with E-state index in [1.165, 1.54) is 6.33 Å². The van der Waals surface area contributed by atoms with E-state index in [0.29, 0.717) is 0 Å². The number of rotatable bonds is 0. The highest BCUT2D eigenvalue weighted by molar-refractivity contribution is 6.40. The van der Waals surface area contributed by atoms with Crippen molar-refractivity contribution in [1.82, 2.24) is 9.97 Å². The van der Waals surface area contributed by atoms with Crippen LogP contribution in [0.25, 0.3) is 0 Å². The van der Waals surface area contributed by atoms with E-state index in [0.717, 1.165) is 0 Å². The van der Waals surface area contributed by atoms with Gasteiger partial charge in [-0.1, -0.05) is 23.2 Å². The van der Waals surface area contributed by atoms with Gasteiger partial charge < -0.3 is 0 Å². The van der Waals surface area contributed by atoms with Crippen LogP contribution in [0.4, 0.5) is 0 Å². The van der Waals surface area contributed by atoms with Gasteiger partial charge in [0.15, 0.2) is 5.15 Å². The van der Waals surface area contributed by atoms with Crippen LogP contribution in [0.2, 0.25) is 10.2 Å². The Morgan fingerprint density at radius 2 is 2.25 bits per heavy atom. The summed E-state index contributed by atoms with van der Waals surface area (Å²) in [5.41, 5.74) is 0. The molecule has 4 heteroatoms. The predicted octanol–water partition coefficient (Wildman–Crippen LogP) is 1.58. The maximum Gasteiger partial charge on any atom is 0.151 e. The van der Waals surface area contributed by atoms with Crippen LogP contribution in [0.3, 0.4) is 0 Å². The third-order valence-corrected chi connectivity index (χ3v) is 1.22. The van der Waals surface area contributed by atoms with Gasteiger partial charge in [-0.25, -0.2) is 9.97 Å². The number of aromatic nitrogens is 2. The normalized spacial score (nSPS) is 9.25. The second-order valence-electron chi connectivity index (χ2n) is 1.09. The highest BCUT2D eigenvalue weighted by Gasteiger charge is 1.93. The Hall–Kier alpha value is -0.340. The lowest BCUT2D eigenvalue weighted by Crippen LogP contribution is -1.77. The van der Waals surface area contributed by atoms with Crippen molar-refractivity contribution in [2.45, 2.75) is 0 Å². The van der Waals surface area contributed by atoms with E-state index in [2.05, 4.69) is 16.2 Å². The zero-order chi connectivity index (χ0) is 5.98. The van der Waals surface area contributed by atoms with Crippen molar-refractivity contribution in [1.29, 1.82) is 0 Å². The molecule has 0 fully saturated rings. The zero-order valence-electron chi connectivity index (χ0n) is 3.73. The van der Waals surface area contributed by atoms with Gasteiger partial charge in [0.05, 0.1) is 0 Å². The fraction of sp³-hybridized carbons (Fsp3) is 0. The molecule has 0 N–H and O–H groups in total. The molecule has 2 nitrogen and oxygen atoms in total. The third-order valence-electron chi connectivity index (χ3n) is 0.573. The summed E-state index contributed by atoms with van der Waals surface area (Å²) in [6.07, 6.45) is 3.71. The first kappa shape index (κ1) is 5.79. The molecular weight excluding hydrogens is 147 g/mol. The molecule has 1 aromatic heterocycles. The third kappa shape index (κ3) is 1.08. The molecule has 1 heterocycles. The summed E-state index contributed by atoms with van der Waals surface area (Å²) in [7, 11) is 0. The minimum atomic E-state index is 0.238. The second kappa shape index (κ2) is 2.29. The monoisotopic (exact) mass is 147 g/mol. The highest BCUT2D eigenvalue weighted by atomic mass is 35.5. The standard InChI is InChI=1S/C4HCl2N2/c5-3-1-7-2-8-4(3)6/h2H. The lowest BCUT2D eigenvalue weighted by molar-refractivity contribution is 1.16. The van der Waals surface area contributed by atoms with Gasteiger partial charge in [0.2, 0.25) is 0 Å². The molecule has 0 unspecified atom stereocenters. The summed E-state index contributed by atoms with van der Waals surface area (Å²) < 4.78 is 0. The smallest absolute Gasteiger partial charge is 0.151 e. The van der Waals surface area contributed by atoms with Crippen LogP contribution in [0.5, 0.6) is 0 Å². The highest BCUT2D eigenvalue weighted by Crippen LogP contribution is 2.14. The Labute approximate surface area is 56.5 Å². The summed E-state index contributed by atoms with van der Waals surface area (Å²) in [4.78, 5) is 7.06. The zero-order valence-corrected chi connectivity index (χ0v) is 5.24. The Balaban J connectivity index is 3.13. The molecule has 0 aromatic carbocycles. The molecule has 0 saturated carbocycles. The van der Waals surface area contributed by atoms with Crippen molar-refractivity contribution >= 4 is 23.2 Å². The predicted molar refractivity (Wildman–Crippen MR) is 30.9 cm³/mol. The molecular formula is C4HCl2N2. The molecule has 41 valence electrons. The van der Waals surface area contributed by atoms with Gasteiger partial charge in [-0.2, -0.15) is 0 Å². The summed E-state index contributed by atoms with van der Waals surface area (Å²) in [6, 6.07) is 0. The molecule has 0 saturated heterocycles. The molecule has 1 rings (SSSR count). The minimum absolute atomic E-state index is 0.238. The summed E-state index contributed by atoms with van der Waals surface area (Å²) in [6.45, 7) is 0. The number of hydrogen-bond acceptors (Lipinski definition) is 2. The van der Waals surface area contributed by atoms with E-state index in [9.17, 15) is 0 Å². The molecule has 0 amide bonds. The maximum atomic E-state index is 5.40. The fourth-order valence-corrected chi connectivity index (χ4v) is 0.451. The largest absolute Gasteiger partial charge is 0.233 e. The van der Waals surface area contributed by atoms with Gasteiger partial charge in [-0.3, -0.25) is 0 Å². The maximum absolute atomic E-state index is 5.40. The van der Waals surface area contributed by atoms with E-state index < -0.39 is 0 Å². The van der Waals surface area contributed by atoms with Gasteiger partial charge in [0, 0.05) is 0 Å². The fourth-order valence-electron chi connectivity index (χ4n) is 0.268. The van der Waals surface area contributed by atoms with Crippen LogP contribution in [0.15, 0.2) is 6.33 Å². The van der Waals surface area contributed by atoms with E-state index in [-0.39, 0.29) is 10.2 Å². The molecule has 0 bridgehead atoms.